The number of aryl methyl sites for hydroxylation is 2. The van der Waals surface area contributed by atoms with E-state index in [1.807, 2.05) is 13.0 Å². The van der Waals surface area contributed by atoms with Crippen LogP contribution in [0.3, 0.4) is 0 Å². The predicted molar refractivity (Wildman–Crippen MR) is 77.5 cm³/mol. The highest BCUT2D eigenvalue weighted by molar-refractivity contribution is 6.30. The molecule has 0 aliphatic carbocycles. The summed E-state index contributed by atoms with van der Waals surface area (Å²) in [4.78, 5) is 0. The van der Waals surface area contributed by atoms with Crippen LogP contribution in [0.25, 0.3) is 0 Å². The van der Waals surface area contributed by atoms with Gasteiger partial charge < -0.3 is 14.7 Å². The van der Waals surface area contributed by atoms with Gasteiger partial charge >= 0.3 is 0 Å². The number of benzene rings is 1. The number of oxime groups is 1. The van der Waals surface area contributed by atoms with Crippen LogP contribution in [0, 0.1) is 6.92 Å². The number of rotatable bonds is 3. The molecule has 2 aromatic rings. The third-order valence-electron chi connectivity index (χ3n) is 3.40. The molecular formula is C14H14ClN3O3. The molecule has 7 heteroatoms. The van der Waals surface area contributed by atoms with E-state index in [1.165, 1.54) is 0 Å². The third-order valence-corrected chi connectivity index (χ3v) is 3.87. The Kier molecular flexibility index (Phi) is 3.47. The molecule has 0 bridgehead atoms. The zero-order chi connectivity index (χ0) is 15.0. The van der Waals surface area contributed by atoms with E-state index in [0.717, 1.165) is 16.8 Å². The Morgan fingerprint density at radius 2 is 2.33 bits per heavy atom. The first-order valence-electron chi connectivity index (χ1n) is 6.39. The summed E-state index contributed by atoms with van der Waals surface area (Å²) in [5.41, 5.74) is 3.00. The SMILES string of the molecule is Cc1nn(C)c(Cl)c1COc1ccc2c(c1)OC/C2=N\O. The van der Waals surface area contributed by atoms with Gasteiger partial charge in [0.05, 0.1) is 5.69 Å². The van der Waals surface area contributed by atoms with Crippen LogP contribution in [-0.4, -0.2) is 27.3 Å². The quantitative estimate of drug-likeness (QED) is 0.699. The first-order chi connectivity index (χ1) is 10.1. The van der Waals surface area contributed by atoms with E-state index < -0.39 is 0 Å². The van der Waals surface area contributed by atoms with Crippen molar-refractivity contribution < 1.29 is 14.7 Å². The van der Waals surface area contributed by atoms with Crippen molar-refractivity contribution in [2.45, 2.75) is 13.5 Å². The second-order valence-electron chi connectivity index (χ2n) is 4.76. The Labute approximate surface area is 126 Å². The Morgan fingerprint density at radius 1 is 1.52 bits per heavy atom. The first kappa shape index (κ1) is 13.8. The van der Waals surface area contributed by atoms with Gasteiger partial charge in [-0.3, -0.25) is 4.68 Å². The van der Waals surface area contributed by atoms with Gasteiger partial charge in [-0.15, -0.1) is 0 Å². The number of ether oxygens (including phenoxy) is 2. The maximum Gasteiger partial charge on any atom is 0.134 e. The molecule has 0 radical (unpaired) electrons. The van der Waals surface area contributed by atoms with E-state index in [1.54, 1.807) is 23.9 Å². The molecule has 0 saturated carbocycles. The van der Waals surface area contributed by atoms with E-state index >= 15 is 0 Å². The van der Waals surface area contributed by atoms with Crippen LogP contribution in [0.15, 0.2) is 23.4 Å². The molecule has 2 heterocycles. The molecule has 1 aliphatic rings. The molecule has 1 aromatic heterocycles. The summed E-state index contributed by atoms with van der Waals surface area (Å²) in [7, 11) is 1.79. The van der Waals surface area contributed by atoms with Gasteiger partial charge in [0.2, 0.25) is 0 Å². The van der Waals surface area contributed by atoms with Crippen LogP contribution in [0.5, 0.6) is 11.5 Å². The molecule has 0 atom stereocenters. The zero-order valence-electron chi connectivity index (χ0n) is 11.6. The largest absolute Gasteiger partial charge is 0.489 e. The minimum atomic E-state index is 0.267. The van der Waals surface area contributed by atoms with Gasteiger partial charge in [0, 0.05) is 24.2 Å². The fourth-order valence-electron chi connectivity index (χ4n) is 2.25. The molecule has 1 N–H and O–H groups in total. The Morgan fingerprint density at radius 3 is 3.00 bits per heavy atom. The number of nitrogens with zero attached hydrogens (tertiary/aromatic N) is 3. The molecule has 1 aliphatic heterocycles. The zero-order valence-corrected chi connectivity index (χ0v) is 12.4. The van der Waals surface area contributed by atoms with Crippen LogP contribution in [0.2, 0.25) is 5.15 Å². The lowest BCUT2D eigenvalue weighted by atomic mass is 10.1. The smallest absolute Gasteiger partial charge is 0.134 e. The number of hydrogen-bond acceptors (Lipinski definition) is 5. The van der Waals surface area contributed by atoms with E-state index in [2.05, 4.69) is 10.3 Å². The number of fused-ring (bicyclic) bond motifs is 1. The molecule has 0 fully saturated rings. The summed E-state index contributed by atoms with van der Waals surface area (Å²) in [6.07, 6.45) is 0. The van der Waals surface area contributed by atoms with Crippen molar-refractivity contribution in [1.29, 1.82) is 0 Å². The van der Waals surface area contributed by atoms with E-state index in [-0.39, 0.29) is 6.61 Å². The van der Waals surface area contributed by atoms with Crippen molar-refractivity contribution in [2.75, 3.05) is 6.61 Å². The maximum atomic E-state index is 8.85. The summed E-state index contributed by atoms with van der Waals surface area (Å²) in [5, 5.41) is 16.9. The second kappa shape index (κ2) is 5.29. The van der Waals surface area contributed by atoms with Crippen LogP contribution in [-0.2, 0) is 13.7 Å². The average molecular weight is 308 g/mol. The summed E-state index contributed by atoms with van der Waals surface area (Å²) in [5.74, 6) is 1.31. The molecule has 0 unspecified atom stereocenters. The lowest BCUT2D eigenvalue weighted by Crippen LogP contribution is -2.01. The average Bonchev–Trinajstić information content (AvgIpc) is 2.98. The molecule has 0 amide bonds. The molecule has 21 heavy (non-hydrogen) atoms. The summed E-state index contributed by atoms with van der Waals surface area (Å²) >= 11 is 6.16. The highest BCUT2D eigenvalue weighted by Crippen LogP contribution is 2.30. The van der Waals surface area contributed by atoms with Crippen LogP contribution < -0.4 is 9.47 Å². The van der Waals surface area contributed by atoms with E-state index in [0.29, 0.717) is 29.0 Å². The van der Waals surface area contributed by atoms with Crippen molar-refractivity contribution in [3.63, 3.8) is 0 Å². The summed E-state index contributed by atoms with van der Waals surface area (Å²) in [6.45, 7) is 2.49. The van der Waals surface area contributed by atoms with Gasteiger partial charge in [-0.05, 0) is 19.1 Å². The Bertz CT molecular complexity index is 724. The van der Waals surface area contributed by atoms with Crippen molar-refractivity contribution >= 4 is 17.3 Å². The number of halogens is 1. The maximum absolute atomic E-state index is 8.85. The standard InChI is InChI=1S/C14H14ClN3O3/c1-8-11(14(15)18(2)16-8)6-20-9-3-4-10-12(17-19)7-21-13(10)5-9/h3-5,19H,6-7H2,1-2H3/b17-12+. The molecule has 110 valence electrons. The number of hydrogen-bond donors (Lipinski definition) is 1. The first-order valence-corrected chi connectivity index (χ1v) is 6.77. The Balaban J connectivity index is 1.78. The second-order valence-corrected chi connectivity index (χ2v) is 5.12. The van der Waals surface area contributed by atoms with Crippen molar-refractivity contribution in [1.82, 2.24) is 9.78 Å². The summed E-state index contributed by atoms with van der Waals surface area (Å²) < 4.78 is 12.8. The van der Waals surface area contributed by atoms with E-state index in [9.17, 15) is 0 Å². The predicted octanol–water partition coefficient (Wildman–Crippen LogP) is 2.53. The van der Waals surface area contributed by atoms with Crippen LogP contribution in [0.1, 0.15) is 16.8 Å². The highest BCUT2D eigenvalue weighted by atomic mass is 35.5. The third kappa shape index (κ3) is 2.42. The van der Waals surface area contributed by atoms with Crippen molar-refractivity contribution in [2.24, 2.45) is 12.2 Å². The topological polar surface area (TPSA) is 68.9 Å². The van der Waals surface area contributed by atoms with Crippen molar-refractivity contribution in [3.8, 4) is 11.5 Å². The molecule has 0 saturated heterocycles. The normalized spacial score (nSPS) is 15.1. The highest BCUT2D eigenvalue weighted by Gasteiger charge is 2.20. The minimum absolute atomic E-state index is 0.267. The Hall–Kier alpha value is -2.21. The van der Waals surface area contributed by atoms with Crippen LogP contribution >= 0.6 is 11.6 Å². The monoisotopic (exact) mass is 307 g/mol. The van der Waals surface area contributed by atoms with Crippen molar-refractivity contribution in [3.05, 3.63) is 40.2 Å². The minimum Gasteiger partial charge on any atom is -0.489 e. The van der Waals surface area contributed by atoms with Gasteiger partial charge in [0.25, 0.3) is 0 Å². The lowest BCUT2D eigenvalue weighted by molar-refractivity contribution is 0.302. The molecule has 0 spiro atoms. The van der Waals surface area contributed by atoms with Gasteiger partial charge in [-0.25, -0.2) is 0 Å². The van der Waals surface area contributed by atoms with Gasteiger partial charge in [-0.1, -0.05) is 16.8 Å². The number of aromatic nitrogens is 2. The lowest BCUT2D eigenvalue weighted by Gasteiger charge is -2.07. The summed E-state index contributed by atoms with van der Waals surface area (Å²) in [6, 6.07) is 5.38. The van der Waals surface area contributed by atoms with Gasteiger partial charge in [0.1, 0.15) is 35.6 Å². The molecule has 6 nitrogen and oxygen atoms in total. The van der Waals surface area contributed by atoms with Gasteiger partial charge in [0.15, 0.2) is 0 Å². The van der Waals surface area contributed by atoms with Gasteiger partial charge in [-0.2, -0.15) is 5.10 Å². The molecule has 1 aromatic carbocycles. The fraction of sp³-hybridized carbons (Fsp3) is 0.286. The van der Waals surface area contributed by atoms with Crippen LogP contribution in [0.4, 0.5) is 0 Å². The molecular weight excluding hydrogens is 294 g/mol. The fourth-order valence-corrected chi connectivity index (χ4v) is 2.48. The molecule has 3 rings (SSSR count). The van der Waals surface area contributed by atoms with E-state index in [4.69, 9.17) is 26.3 Å².